The van der Waals surface area contributed by atoms with Gasteiger partial charge in [-0.05, 0) is 95.9 Å². The maximum atomic E-state index is 5.82. The van der Waals surface area contributed by atoms with Gasteiger partial charge in [-0.3, -0.25) is 0 Å². The molecule has 2 aromatic rings. The number of anilines is 2. The molecule has 0 aliphatic heterocycles. The molecule has 0 atom stereocenters. The number of aryl methyl sites for hydroxylation is 1. The molecule has 1 saturated carbocycles. The van der Waals surface area contributed by atoms with E-state index < -0.39 is 0 Å². The average Bonchev–Trinajstić information content (AvgIpc) is 2.86. The summed E-state index contributed by atoms with van der Waals surface area (Å²) in [4.78, 5) is 11.9. The summed E-state index contributed by atoms with van der Waals surface area (Å²) in [5.74, 6) is 4.45. The highest BCUT2D eigenvalue weighted by Gasteiger charge is 2.24. The molecular weight excluding hydrogens is 438 g/mol. The van der Waals surface area contributed by atoms with Crippen molar-refractivity contribution < 1.29 is 9.47 Å². The zero-order valence-electron chi connectivity index (χ0n) is 22.0. The van der Waals surface area contributed by atoms with E-state index >= 15 is 0 Å². The van der Waals surface area contributed by atoms with Gasteiger partial charge in [-0.2, -0.15) is 4.98 Å². The third-order valence-electron chi connectivity index (χ3n) is 7.16. The minimum absolute atomic E-state index is 0.454. The summed E-state index contributed by atoms with van der Waals surface area (Å²) >= 11 is 0. The van der Waals surface area contributed by atoms with Crippen LogP contribution in [0.5, 0.6) is 11.5 Å². The lowest BCUT2D eigenvalue weighted by atomic mass is 9.86. The number of fused-ring (bicyclic) bond motifs is 1. The van der Waals surface area contributed by atoms with E-state index in [1.54, 1.807) is 0 Å². The number of ether oxygens (including phenoxy) is 2. The zero-order chi connectivity index (χ0) is 24.6. The second-order valence-corrected chi connectivity index (χ2v) is 10.0. The lowest BCUT2D eigenvalue weighted by Crippen LogP contribution is -2.32. The number of nitrogens with one attached hydrogen (secondary N) is 2. The number of benzene rings is 1. The zero-order valence-corrected chi connectivity index (χ0v) is 22.0. The average molecular weight is 482 g/mol. The van der Waals surface area contributed by atoms with E-state index in [0.29, 0.717) is 25.2 Å². The van der Waals surface area contributed by atoms with E-state index in [4.69, 9.17) is 19.4 Å². The van der Waals surface area contributed by atoms with Crippen LogP contribution in [-0.2, 0) is 19.4 Å². The minimum atomic E-state index is 0.454. The first kappa shape index (κ1) is 25.5. The summed E-state index contributed by atoms with van der Waals surface area (Å²) in [6.45, 7) is 7.20. The van der Waals surface area contributed by atoms with Crippen LogP contribution < -0.4 is 25.0 Å². The van der Waals surface area contributed by atoms with Crippen LogP contribution in [0.25, 0.3) is 0 Å². The fraction of sp³-hybridized carbons (Fsp3) is 0.643. The normalized spacial score (nSPS) is 19.7. The van der Waals surface area contributed by atoms with Gasteiger partial charge < -0.3 is 25.0 Å². The van der Waals surface area contributed by atoms with Crippen molar-refractivity contribution in [2.24, 2.45) is 5.92 Å². The van der Waals surface area contributed by atoms with Crippen LogP contribution in [0.1, 0.15) is 69.2 Å². The lowest BCUT2D eigenvalue weighted by molar-refractivity contribution is 0.316. The predicted molar refractivity (Wildman–Crippen MR) is 143 cm³/mol. The largest absolute Gasteiger partial charge is 0.494 e. The molecule has 1 aromatic carbocycles. The molecule has 2 aliphatic rings. The Labute approximate surface area is 211 Å². The highest BCUT2D eigenvalue weighted by atomic mass is 16.5. The Morgan fingerprint density at radius 2 is 1.74 bits per heavy atom. The van der Waals surface area contributed by atoms with Gasteiger partial charge in [-0.1, -0.05) is 0 Å². The smallest absolute Gasteiger partial charge is 0.225 e. The van der Waals surface area contributed by atoms with Crippen molar-refractivity contribution in [3.8, 4) is 11.5 Å². The Bertz CT molecular complexity index is 957. The first-order valence-electron chi connectivity index (χ1n) is 13.5. The molecule has 1 heterocycles. The van der Waals surface area contributed by atoms with Crippen LogP contribution in [0.2, 0.25) is 0 Å². The molecule has 0 unspecified atom stereocenters. The molecule has 0 bridgehead atoms. The molecule has 4 rings (SSSR count). The fourth-order valence-electron chi connectivity index (χ4n) is 5.36. The Morgan fingerprint density at radius 1 is 0.971 bits per heavy atom. The van der Waals surface area contributed by atoms with Gasteiger partial charge in [0.2, 0.25) is 5.95 Å². The fourth-order valence-corrected chi connectivity index (χ4v) is 5.36. The lowest BCUT2D eigenvalue weighted by Gasteiger charge is -2.30. The van der Waals surface area contributed by atoms with Crippen LogP contribution in [0.3, 0.4) is 0 Å². The molecule has 1 fully saturated rings. The van der Waals surface area contributed by atoms with Gasteiger partial charge in [-0.15, -0.1) is 0 Å². The Hall–Kier alpha value is -2.54. The van der Waals surface area contributed by atoms with Crippen LogP contribution in [-0.4, -0.2) is 49.9 Å². The van der Waals surface area contributed by atoms with Gasteiger partial charge in [0, 0.05) is 37.8 Å². The van der Waals surface area contributed by atoms with Crippen LogP contribution >= 0.6 is 0 Å². The van der Waals surface area contributed by atoms with E-state index in [9.17, 15) is 0 Å². The maximum absolute atomic E-state index is 5.82. The number of hydrogen-bond donors (Lipinski definition) is 2. The van der Waals surface area contributed by atoms with Crippen molar-refractivity contribution in [2.75, 3.05) is 44.1 Å². The molecule has 1 aromatic heterocycles. The van der Waals surface area contributed by atoms with Crippen molar-refractivity contribution in [1.29, 1.82) is 0 Å². The van der Waals surface area contributed by atoms with Crippen molar-refractivity contribution in [3.63, 3.8) is 0 Å². The molecule has 0 radical (unpaired) electrons. The second-order valence-electron chi connectivity index (χ2n) is 10.0. The van der Waals surface area contributed by atoms with Gasteiger partial charge in [0.15, 0.2) is 0 Å². The van der Waals surface area contributed by atoms with E-state index in [-0.39, 0.29) is 0 Å². The third-order valence-corrected chi connectivity index (χ3v) is 7.16. The molecule has 0 amide bonds. The van der Waals surface area contributed by atoms with Gasteiger partial charge in [0.05, 0.1) is 18.9 Å². The van der Waals surface area contributed by atoms with Gasteiger partial charge in [0.25, 0.3) is 0 Å². The molecule has 2 N–H and O–H groups in total. The van der Waals surface area contributed by atoms with Crippen molar-refractivity contribution in [1.82, 2.24) is 15.3 Å². The standard InChI is InChI=1S/C28H43N5O2/c1-5-34-23-15-16-26(35-6-2)21(17-23)19-29-18-20-11-13-22(14-12-20)30-28-31-25-10-8-7-9-24(25)27(32-28)33(3)4/h15-17,20,22,29H,5-14,18-19H2,1-4H3,(H,30,31,32)/t20-,22+. The molecule has 192 valence electrons. The summed E-state index contributed by atoms with van der Waals surface area (Å²) in [6, 6.07) is 6.56. The summed E-state index contributed by atoms with van der Waals surface area (Å²) in [5.41, 5.74) is 3.76. The van der Waals surface area contributed by atoms with Gasteiger partial charge >= 0.3 is 0 Å². The third kappa shape index (κ3) is 6.78. The quantitative estimate of drug-likeness (QED) is 0.469. The van der Waals surface area contributed by atoms with E-state index in [1.807, 2.05) is 26.0 Å². The van der Waals surface area contributed by atoms with Gasteiger partial charge in [-0.25, -0.2) is 4.98 Å². The minimum Gasteiger partial charge on any atom is -0.494 e. The summed E-state index contributed by atoms with van der Waals surface area (Å²) in [6.07, 6.45) is 9.40. The van der Waals surface area contributed by atoms with Crippen LogP contribution in [0.15, 0.2) is 18.2 Å². The Kier molecular flexibility index (Phi) is 9.07. The Balaban J connectivity index is 1.27. The van der Waals surface area contributed by atoms with Crippen LogP contribution in [0, 0.1) is 5.92 Å². The monoisotopic (exact) mass is 481 g/mol. The highest BCUT2D eigenvalue weighted by molar-refractivity contribution is 5.53. The number of aromatic nitrogens is 2. The molecule has 0 spiro atoms. The first-order chi connectivity index (χ1) is 17.1. The summed E-state index contributed by atoms with van der Waals surface area (Å²) in [7, 11) is 4.17. The number of nitrogens with zero attached hydrogens (tertiary/aromatic N) is 3. The van der Waals surface area contributed by atoms with Gasteiger partial charge in [0.1, 0.15) is 17.3 Å². The topological polar surface area (TPSA) is 71.5 Å². The number of hydrogen-bond acceptors (Lipinski definition) is 7. The van der Waals surface area contributed by atoms with Crippen LogP contribution in [0.4, 0.5) is 11.8 Å². The molecule has 7 nitrogen and oxygen atoms in total. The molecule has 0 saturated heterocycles. The van der Waals surface area contributed by atoms with E-state index in [2.05, 4.69) is 35.7 Å². The first-order valence-corrected chi connectivity index (χ1v) is 13.5. The van der Waals surface area contributed by atoms with Crippen molar-refractivity contribution in [3.05, 3.63) is 35.0 Å². The molecular formula is C28H43N5O2. The molecule has 2 aliphatic carbocycles. The Morgan fingerprint density at radius 3 is 2.49 bits per heavy atom. The van der Waals surface area contributed by atoms with E-state index in [1.165, 1.54) is 36.9 Å². The number of rotatable bonds is 11. The summed E-state index contributed by atoms with van der Waals surface area (Å²) < 4.78 is 11.5. The maximum Gasteiger partial charge on any atom is 0.225 e. The van der Waals surface area contributed by atoms with Crippen molar-refractivity contribution >= 4 is 11.8 Å². The van der Waals surface area contributed by atoms with E-state index in [0.717, 1.165) is 67.6 Å². The second kappa shape index (κ2) is 12.4. The van der Waals surface area contributed by atoms with Crippen molar-refractivity contribution in [2.45, 2.75) is 77.8 Å². The highest BCUT2D eigenvalue weighted by Crippen LogP contribution is 2.30. The SMILES string of the molecule is CCOc1ccc(OCC)c(CNC[C@H]2CC[C@@H](Nc3nc4c(c(N(C)C)n3)CCCC4)CC2)c1. The predicted octanol–water partition coefficient (Wildman–Crippen LogP) is 4.98. The summed E-state index contributed by atoms with van der Waals surface area (Å²) in [5, 5.41) is 7.34. The molecule has 7 heteroatoms. The molecule has 35 heavy (non-hydrogen) atoms.